The maximum absolute atomic E-state index is 10.8. The number of aliphatic hydroxyl groups is 1. The van der Waals surface area contributed by atoms with E-state index in [0.717, 1.165) is 12.5 Å². The van der Waals surface area contributed by atoms with Crippen molar-refractivity contribution in [3.05, 3.63) is 35.9 Å². The van der Waals surface area contributed by atoms with Crippen LogP contribution >= 0.6 is 0 Å². The molecule has 0 aliphatic carbocycles. The molecule has 1 atom stereocenters. The second-order valence-corrected chi connectivity index (χ2v) is 5.47. The molecule has 0 spiro atoms. The Hall–Kier alpha value is -0.910. The zero-order chi connectivity index (χ0) is 11.5. The zero-order valence-electron chi connectivity index (χ0n) is 8.42. The lowest BCUT2D eigenvalue weighted by molar-refractivity contribution is 0.123. The Kier molecular flexibility index (Phi) is 3.49. The SMILES string of the molecule is CC(O)(CCc1ccccc1)S(=O)(=O)O. The van der Waals surface area contributed by atoms with E-state index >= 15 is 0 Å². The van der Waals surface area contributed by atoms with Gasteiger partial charge in [0.25, 0.3) is 10.1 Å². The minimum Gasteiger partial charge on any atom is -0.373 e. The van der Waals surface area contributed by atoms with Gasteiger partial charge in [-0.2, -0.15) is 8.42 Å². The third kappa shape index (κ3) is 3.30. The monoisotopic (exact) mass is 230 g/mol. The lowest BCUT2D eigenvalue weighted by Gasteiger charge is -2.19. The van der Waals surface area contributed by atoms with Crippen LogP contribution in [0.2, 0.25) is 0 Å². The summed E-state index contributed by atoms with van der Waals surface area (Å²) in [5.41, 5.74) is 0.918. The molecule has 1 aromatic carbocycles. The maximum Gasteiger partial charge on any atom is 0.294 e. The van der Waals surface area contributed by atoms with Crippen molar-refractivity contribution in [1.82, 2.24) is 0 Å². The van der Waals surface area contributed by atoms with Gasteiger partial charge < -0.3 is 5.11 Å². The van der Waals surface area contributed by atoms with E-state index in [9.17, 15) is 13.5 Å². The van der Waals surface area contributed by atoms with Gasteiger partial charge in [-0.15, -0.1) is 0 Å². The summed E-state index contributed by atoms with van der Waals surface area (Å²) in [4.78, 5) is -2.08. The molecule has 0 heterocycles. The molecule has 0 aromatic heterocycles. The molecule has 15 heavy (non-hydrogen) atoms. The van der Waals surface area contributed by atoms with Gasteiger partial charge in [0.15, 0.2) is 4.93 Å². The molecular formula is C10H14O4S. The van der Waals surface area contributed by atoms with Crippen LogP contribution in [0.5, 0.6) is 0 Å². The van der Waals surface area contributed by atoms with Crippen LogP contribution in [-0.2, 0) is 16.5 Å². The van der Waals surface area contributed by atoms with Crippen LogP contribution in [0.15, 0.2) is 30.3 Å². The van der Waals surface area contributed by atoms with Gasteiger partial charge in [0.2, 0.25) is 0 Å². The number of benzene rings is 1. The summed E-state index contributed by atoms with van der Waals surface area (Å²) in [5, 5.41) is 9.47. The van der Waals surface area contributed by atoms with Gasteiger partial charge in [-0.25, -0.2) is 0 Å². The molecule has 0 radical (unpaired) electrons. The number of hydrogen-bond acceptors (Lipinski definition) is 3. The first-order valence-electron chi connectivity index (χ1n) is 4.56. The van der Waals surface area contributed by atoms with Crippen LogP contribution in [0.4, 0.5) is 0 Å². The number of hydrogen-bond donors (Lipinski definition) is 2. The fraction of sp³-hybridized carbons (Fsp3) is 0.400. The average Bonchev–Trinajstić information content (AvgIpc) is 2.15. The quantitative estimate of drug-likeness (QED) is 0.762. The summed E-state index contributed by atoms with van der Waals surface area (Å²) in [6.07, 6.45) is 0.365. The molecule has 0 saturated heterocycles. The third-order valence-electron chi connectivity index (χ3n) is 2.28. The highest BCUT2D eigenvalue weighted by Gasteiger charge is 2.34. The summed E-state index contributed by atoms with van der Waals surface area (Å²) >= 11 is 0. The predicted octanol–water partition coefficient (Wildman–Crippen LogP) is 1.22. The fourth-order valence-corrected chi connectivity index (χ4v) is 1.51. The zero-order valence-corrected chi connectivity index (χ0v) is 9.24. The topological polar surface area (TPSA) is 74.6 Å². The average molecular weight is 230 g/mol. The molecule has 0 fully saturated rings. The maximum atomic E-state index is 10.8. The highest BCUT2D eigenvalue weighted by molar-refractivity contribution is 7.87. The summed E-state index contributed by atoms with van der Waals surface area (Å²) in [6, 6.07) is 9.18. The van der Waals surface area contributed by atoms with Gasteiger partial charge >= 0.3 is 0 Å². The van der Waals surface area contributed by atoms with Gasteiger partial charge in [0, 0.05) is 0 Å². The van der Waals surface area contributed by atoms with E-state index in [-0.39, 0.29) is 6.42 Å². The van der Waals surface area contributed by atoms with Crippen LogP contribution in [0.3, 0.4) is 0 Å². The van der Waals surface area contributed by atoms with E-state index in [4.69, 9.17) is 4.55 Å². The minimum atomic E-state index is -4.42. The Bertz CT molecular complexity index is 408. The first-order valence-corrected chi connectivity index (χ1v) is 6.00. The van der Waals surface area contributed by atoms with Crippen LogP contribution < -0.4 is 0 Å². The molecule has 0 bridgehead atoms. The van der Waals surface area contributed by atoms with E-state index in [1.807, 2.05) is 30.3 Å². The molecule has 4 nitrogen and oxygen atoms in total. The van der Waals surface area contributed by atoms with Gasteiger partial charge in [-0.3, -0.25) is 4.55 Å². The molecule has 0 aliphatic rings. The predicted molar refractivity (Wildman–Crippen MR) is 56.9 cm³/mol. The number of rotatable bonds is 4. The summed E-state index contributed by atoms with van der Waals surface area (Å²) in [5.74, 6) is 0. The Morgan fingerprint density at radius 3 is 2.27 bits per heavy atom. The number of aryl methyl sites for hydroxylation is 1. The van der Waals surface area contributed by atoms with Crippen molar-refractivity contribution in [2.75, 3.05) is 0 Å². The van der Waals surface area contributed by atoms with E-state index in [2.05, 4.69) is 0 Å². The molecule has 1 unspecified atom stereocenters. The second kappa shape index (κ2) is 4.30. The van der Waals surface area contributed by atoms with Crippen LogP contribution in [0.1, 0.15) is 18.9 Å². The van der Waals surface area contributed by atoms with Crippen molar-refractivity contribution in [3.63, 3.8) is 0 Å². The molecule has 1 rings (SSSR count). The fourth-order valence-electron chi connectivity index (χ4n) is 1.15. The van der Waals surface area contributed by atoms with E-state index < -0.39 is 15.1 Å². The summed E-state index contributed by atoms with van der Waals surface area (Å²) in [7, 11) is -4.42. The van der Waals surface area contributed by atoms with Crippen molar-refractivity contribution >= 4 is 10.1 Å². The Morgan fingerprint density at radius 2 is 1.80 bits per heavy atom. The smallest absolute Gasteiger partial charge is 0.294 e. The van der Waals surface area contributed by atoms with Crippen molar-refractivity contribution in [3.8, 4) is 0 Å². The molecule has 0 aliphatic heterocycles. The lowest BCUT2D eigenvalue weighted by Crippen LogP contribution is -2.35. The van der Waals surface area contributed by atoms with Gasteiger partial charge in [-0.1, -0.05) is 30.3 Å². The van der Waals surface area contributed by atoms with Gasteiger partial charge in [0.05, 0.1) is 0 Å². The van der Waals surface area contributed by atoms with Crippen LogP contribution in [-0.4, -0.2) is 23.0 Å². The standard InChI is InChI=1S/C10H14O4S/c1-10(11,15(12,13)14)8-7-9-5-3-2-4-6-9/h2-6,11H,7-8H2,1H3,(H,12,13,14). The van der Waals surface area contributed by atoms with Gasteiger partial charge in [-0.05, 0) is 25.3 Å². The Balaban J connectivity index is 2.66. The highest BCUT2D eigenvalue weighted by Crippen LogP contribution is 2.19. The molecule has 2 N–H and O–H groups in total. The first-order chi connectivity index (χ1) is 6.83. The molecule has 5 heteroatoms. The Labute approximate surface area is 89.3 Å². The molecule has 84 valence electrons. The summed E-state index contributed by atoms with van der Waals surface area (Å²) < 4.78 is 30.3. The van der Waals surface area contributed by atoms with Gasteiger partial charge in [0.1, 0.15) is 0 Å². The van der Waals surface area contributed by atoms with Crippen molar-refractivity contribution in [2.45, 2.75) is 24.7 Å². The molecule has 0 saturated carbocycles. The van der Waals surface area contributed by atoms with E-state index in [1.165, 1.54) is 0 Å². The lowest BCUT2D eigenvalue weighted by atomic mass is 10.1. The Morgan fingerprint density at radius 1 is 1.27 bits per heavy atom. The minimum absolute atomic E-state index is 0.0319. The molecule has 0 amide bonds. The normalized spacial score (nSPS) is 15.9. The van der Waals surface area contributed by atoms with E-state index in [1.54, 1.807) is 0 Å². The van der Waals surface area contributed by atoms with Crippen molar-refractivity contribution < 1.29 is 18.1 Å². The molecular weight excluding hydrogens is 216 g/mol. The highest BCUT2D eigenvalue weighted by atomic mass is 32.2. The van der Waals surface area contributed by atoms with Crippen LogP contribution in [0, 0.1) is 0 Å². The van der Waals surface area contributed by atoms with Crippen LogP contribution in [0.25, 0.3) is 0 Å². The summed E-state index contributed by atoms with van der Waals surface area (Å²) in [6.45, 7) is 1.09. The van der Waals surface area contributed by atoms with E-state index in [0.29, 0.717) is 6.42 Å². The second-order valence-electron chi connectivity index (χ2n) is 3.64. The molecule has 1 aromatic rings. The first kappa shape index (κ1) is 12.2. The van der Waals surface area contributed by atoms with Crippen molar-refractivity contribution in [2.24, 2.45) is 0 Å². The largest absolute Gasteiger partial charge is 0.373 e. The van der Waals surface area contributed by atoms with Crippen molar-refractivity contribution in [1.29, 1.82) is 0 Å². The third-order valence-corrected chi connectivity index (χ3v) is 3.59.